The molecule has 2 N–H and O–H groups in total. The Bertz CT molecular complexity index is 85.7. The van der Waals surface area contributed by atoms with Crippen LogP contribution in [0.15, 0.2) is 0 Å². The smallest absolute Gasteiger partial charge is 0.0613 e. The second-order valence-corrected chi connectivity index (χ2v) is 3.98. The zero-order valence-corrected chi connectivity index (χ0v) is 7.48. The molecule has 0 heterocycles. The van der Waals surface area contributed by atoms with E-state index in [2.05, 4.69) is 20.8 Å². The normalized spacial score (nSPS) is 15.3. The van der Waals surface area contributed by atoms with E-state index in [0.717, 1.165) is 6.42 Å². The highest BCUT2D eigenvalue weighted by molar-refractivity contribution is 4.70. The molecular formula is C8H19NO. The monoisotopic (exact) mass is 145 g/mol. The highest BCUT2D eigenvalue weighted by Crippen LogP contribution is 2.19. The first kappa shape index (κ1) is 9.92. The quantitative estimate of drug-likeness (QED) is 0.651. The standard InChI is InChI=1S/C8H19NO/c1-8(2,3)5-7(9)6-10-4/h7H,5-6,9H2,1-4H3/t7-/m1/s1. The Balaban J connectivity index is 3.47. The van der Waals surface area contributed by atoms with Crippen LogP contribution in [0.5, 0.6) is 0 Å². The lowest BCUT2D eigenvalue weighted by Crippen LogP contribution is -2.30. The molecule has 0 amide bonds. The molecule has 2 heteroatoms. The maximum Gasteiger partial charge on any atom is 0.0613 e. The second kappa shape index (κ2) is 3.94. The van der Waals surface area contributed by atoms with Crippen molar-refractivity contribution in [2.24, 2.45) is 11.1 Å². The predicted molar refractivity (Wildman–Crippen MR) is 43.9 cm³/mol. The topological polar surface area (TPSA) is 35.2 Å². The fourth-order valence-electron chi connectivity index (χ4n) is 1.06. The van der Waals surface area contributed by atoms with Gasteiger partial charge in [-0.05, 0) is 11.8 Å². The number of ether oxygens (including phenoxy) is 1. The molecule has 0 aliphatic rings. The van der Waals surface area contributed by atoms with Crippen molar-refractivity contribution in [3.63, 3.8) is 0 Å². The minimum atomic E-state index is 0.185. The van der Waals surface area contributed by atoms with Crippen LogP contribution in [-0.4, -0.2) is 19.8 Å². The SMILES string of the molecule is COC[C@H](N)CC(C)(C)C. The Morgan fingerprint density at radius 1 is 1.40 bits per heavy atom. The van der Waals surface area contributed by atoms with Crippen molar-refractivity contribution >= 4 is 0 Å². The van der Waals surface area contributed by atoms with Crippen LogP contribution in [-0.2, 0) is 4.74 Å². The Hall–Kier alpha value is -0.0800. The largest absolute Gasteiger partial charge is 0.383 e. The van der Waals surface area contributed by atoms with Gasteiger partial charge in [-0.25, -0.2) is 0 Å². The summed E-state index contributed by atoms with van der Waals surface area (Å²) in [4.78, 5) is 0. The third-order valence-corrected chi connectivity index (χ3v) is 1.26. The minimum absolute atomic E-state index is 0.185. The molecule has 0 aromatic rings. The average molecular weight is 145 g/mol. The predicted octanol–water partition coefficient (Wildman–Crippen LogP) is 1.40. The van der Waals surface area contributed by atoms with E-state index in [9.17, 15) is 0 Å². The first-order valence-corrected chi connectivity index (χ1v) is 3.70. The molecule has 0 saturated carbocycles. The van der Waals surface area contributed by atoms with E-state index in [1.807, 2.05) is 0 Å². The highest BCUT2D eigenvalue weighted by Gasteiger charge is 2.14. The van der Waals surface area contributed by atoms with E-state index in [4.69, 9.17) is 10.5 Å². The Morgan fingerprint density at radius 2 is 1.90 bits per heavy atom. The van der Waals surface area contributed by atoms with Crippen molar-refractivity contribution in [2.45, 2.75) is 33.2 Å². The lowest BCUT2D eigenvalue weighted by atomic mass is 9.89. The summed E-state index contributed by atoms with van der Waals surface area (Å²) in [7, 11) is 1.68. The molecule has 0 rings (SSSR count). The number of methoxy groups -OCH3 is 1. The molecule has 0 saturated heterocycles. The molecule has 0 aromatic heterocycles. The fourth-order valence-corrected chi connectivity index (χ4v) is 1.06. The summed E-state index contributed by atoms with van der Waals surface area (Å²) in [5, 5.41) is 0. The molecule has 0 aliphatic heterocycles. The number of rotatable bonds is 3. The van der Waals surface area contributed by atoms with E-state index in [-0.39, 0.29) is 6.04 Å². The van der Waals surface area contributed by atoms with Gasteiger partial charge in [0.1, 0.15) is 0 Å². The van der Waals surface area contributed by atoms with Gasteiger partial charge < -0.3 is 10.5 Å². The number of hydrogen-bond donors (Lipinski definition) is 1. The summed E-state index contributed by atoms with van der Waals surface area (Å²) >= 11 is 0. The molecule has 62 valence electrons. The van der Waals surface area contributed by atoms with E-state index in [1.165, 1.54) is 0 Å². The lowest BCUT2D eigenvalue weighted by molar-refractivity contribution is 0.160. The summed E-state index contributed by atoms with van der Waals surface area (Å²) in [6.07, 6.45) is 1.01. The van der Waals surface area contributed by atoms with Crippen LogP contribution in [0, 0.1) is 5.41 Å². The van der Waals surface area contributed by atoms with Crippen LogP contribution in [0.1, 0.15) is 27.2 Å². The third-order valence-electron chi connectivity index (χ3n) is 1.26. The van der Waals surface area contributed by atoms with Crippen molar-refractivity contribution in [1.82, 2.24) is 0 Å². The van der Waals surface area contributed by atoms with Gasteiger partial charge in [0.25, 0.3) is 0 Å². The van der Waals surface area contributed by atoms with Crippen molar-refractivity contribution in [2.75, 3.05) is 13.7 Å². The van der Waals surface area contributed by atoms with E-state index in [1.54, 1.807) is 7.11 Å². The zero-order valence-electron chi connectivity index (χ0n) is 7.48. The zero-order chi connectivity index (χ0) is 8.20. The van der Waals surface area contributed by atoms with Crippen molar-refractivity contribution in [3.05, 3.63) is 0 Å². The van der Waals surface area contributed by atoms with Gasteiger partial charge in [-0.15, -0.1) is 0 Å². The van der Waals surface area contributed by atoms with Crippen LogP contribution in [0.2, 0.25) is 0 Å². The molecule has 0 radical (unpaired) electrons. The van der Waals surface area contributed by atoms with E-state index < -0.39 is 0 Å². The Kier molecular flexibility index (Phi) is 3.91. The molecule has 0 aliphatic carbocycles. The lowest BCUT2D eigenvalue weighted by Gasteiger charge is -2.22. The summed E-state index contributed by atoms with van der Waals surface area (Å²) in [5.41, 5.74) is 6.06. The molecule has 10 heavy (non-hydrogen) atoms. The van der Waals surface area contributed by atoms with Crippen molar-refractivity contribution in [1.29, 1.82) is 0 Å². The average Bonchev–Trinajstić information content (AvgIpc) is 1.59. The van der Waals surface area contributed by atoms with E-state index >= 15 is 0 Å². The second-order valence-electron chi connectivity index (χ2n) is 3.98. The van der Waals surface area contributed by atoms with Crippen LogP contribution in [0.4, 0.5) is 0 Å². The maximum absolute atomic E-state index is 5.75. The van der Waals surface area contributed by atoms with Crippen LogP contribution in [0.3, 0.4) is 0 Å². The fraction of sp³-hybridized carbons (Fsp3) is 1.00. The Labute approximate surface area is 63.7 Å². The summed E-state index contributed by atoms with van der Waals surface area (Å²) in [6, 6.07) is 0.185. The van der Waals surface area contributed by atoms with Gasteiger partial charge in [-0.1, -0.05) is 20.8 Å². The van der Waals surface area contributed by atoms with Gasteiger partial charge in [0.2, 0.25) is 0 Å². The molecule has 0 bridgehead atoms. The van der Waals surface area contributed by atoms with Gasteiger partial charge in [-0.2, -0.15) is 0 Å². The highest BCUT2D eigenvalue weighted by atomic mass is 16.5. The van der Waals surface area contributed by atoms with Gasteiger partial charge in [0.15, 0.2) is 0 Å². The molecule has 1 atom stereocenters. The van der Waals surface area contributed by atoms with Crippen LogP contribution in [0.25, 0.3) is 0 Å². The number of nitrogens with two attached hydrogens (primary N) is 1. The van der Waals surface area contributed by atoms with Gasteiger partial charge >= 0.3 is 0 Å². The molecule has 0 spiro atoms. The number of hydrogen-bond acceptors (Lipinski definition) is 2. The molecular weight excluding hydrogens is 126 g/mol. The van der Waals surface area contributed by atoms with Crippen molar-refractivity contribution < 1.29 is 4.74 Å². The molecule has 0 fully saturated rings. The molecule has 0 aromatic carbocycles. The summed E-state index contributed by atoms with van der Waals surface area (Å²) in [5.74, 6) is 0. The summed E-state index contributed by atoms with van der Waals surface area (Å²) in [6.45, 7) is 7.21. The van der Waals surface area contributed by atoms with Gasteiger partial charge in [-0.3, -0.25) is 0 Å². The molecule has 0 unspecified atom stereocenters. The van der Waals surface area contributed by atoms with Gasteiger partial charge in [0.05, 0.1) is 6.61 Å². The molecule has 2 nitrogen and oxygen atoms in total. The first-order valence-electron chi connectivity index (χ1n) is 3.70. The van der Waals surface area contributed by atoms with E-state index in [0.29, 0.717) is 12.0 Å². The third kappa shape index (κ3) is 6.05. The van der Waals surface area contributed by atoms with Crippen LogP contribution < -0.4 is 5.73 Å². The Morgan fingerprint density at radius 3 is 2.20 bits per heavy atom. The maximum atomic E-state index is 5.75. The van der Waals surface area contributed by atoms with Crippen molar-refractivity contribution in [3.8, 4) is 0 Å². The van der Waals surface area contributed by atoms with Crippen LogP contribution >= 0.6 is 0 Å². The summed E-state index contributed by atoms with van der Waals surface area (Å²) < 4.78 is 4.92. The minimum Gasteiger partial charge on any atom is -0.383 e. The first-order chi connectivity index (χ1) is 4.45. The van der Waals surface area contributed by atoms with Gasteiger partial charge in [0, 0.05) is 13.2 Å².